The average molecular weight is 608 g/mol. The van der Waals surface area contributed by atoms with Crippen LogP contribution in [0, 0.1) is 27.7 Å². The molecule has 7 aromatic carbocycles. The lowest BCUT2D eigenvalue weighted by Crippen LogP contribution is -2.11. The van der Waals surface area contributed by atoms with E-state index in [0.29, 0.717) is 0 Å². The molecule has 1 aliphatic carbocycles. The van der Waals surface area contributed by atoms with Crippen molar-refractivity contribution < 1.29 is 0 Å². The monoisotopic (exact) mass is 607 g/mol. The van der Waals surface area contributed by atoms with Gasteiger partial charge in [-0.25, -0.2) is 0 Å². The lowest BCUT2D eigenvalue weighted by atomic mass is 9.77. The summed E-state index contributed by atoms with van der Waals surface area (Å²) in [5.41, 5.74) is 18.1. The minimum absolute atomic E-state index is 0.156. The highest BCUT2D eigenvalue weighted by atomic mass is 15.1. The van der Waals surface area contributed by atoms with Gasteiger partial charge in [-0.1, -0.05) is 75.4 Å². The second kappa shape index (κ2) is 10.7. The molecule has 0 bridgehead atoms. The maximum absolute atomic E-state index is 2.41. The first-order chi connectivity index (χ1) is 22.5. The minimum atomic E-state index is 0.156. The Labute approximate surface area is 279 Å². The molecule has 1 nitrogen and oxygen atoms in total. The van der Waals surface area contributed by atoms with Gasteiger partial charge in [0.25, 0.3) is 0 Å². The van der Waals surface area contributed by atoms with E-state index in [4.69, 9.17) is 0 Å². The summed E-state index contributed by atoms with van der Waals surface area (Å²) in [6.07, 6.45) is 0. The van der Waals surface area contributed by atoms with Gasteiger partial charge in [-0.15, -0.1) is 0 Å². The van der Waals surface area contributed by atoms with Crippen molar-refractivity contribution in [2.45, 2.75) is 53.9 Å². The largest absolute Gasteiger partial charge is 0.310 e. The number of nitrogens with zero attached hydrogens (tertiary/aromatic N) is 1. The van der Waals surface area contributed by atoms with Gasteiger partial charge in [-0.3, -0.25) is 0 Å². The van der Waals surface area contributed by atoms with E-state index in [2.05, 4.69) is 175 Å². The molecule has 0 atom stereocenters. The van der Waals surface area contributed by atoms with Crippen LogP contribution in [-0.2, 0) is 5.41 Å². The Hall–Kier alpha value is -5.14. The normalized spacial score (nSPS) is 12.1. The van der Waals surface area contributed by atoms with E-state index in [1.807, 2.05) is 0 Å². The summed E-state index contributed by atoms with van der Waals surface area (Å²) in [7, 11) is 0. The molecule has 0 saturated heterocycles. The molecule has 0 unspecified atom stereocenters. The zero-order chi connectivity index (χ0) is 32.6. The Morgan fingerprint density at radius 2 is 0.787 bits per heavy atom. The summed E-state index contributed by atoms with van der Waals surface area (Å²) in [4.78, 5) is 2.41. The van der Waals surface area contributed by atoms with E-state index in [-0.39, 0.29) is 5.41 Å². The highest BCUT2D eigenvalue weighted by molar-refractivity contribution is 6.12. The smallest absolute Gasteiger partial charge is 0.0468 e. The predicted octanol–water partition coefficient (Wildman–Crippen LogP) is 13.3. The quantitative estimate of drug-likeness (QED) is 0.192. The molecule has 0 spiro atoms. The van der Waals surface area contributed by atoms with E-state index in [9.17, 15) is 0 Å². The van der Waals surface area contributed by atoms with Crippen LogP contribution in [0.5, 0.6) is 0 Å². The van der Waals surface area contributed by atoms with E-state index in [1.54, 1.807) is 0 Å². The molecule has 0 aromatic heterocycles. The fourth-order valence-corrected chi connectivity index (χ4v) is 7.50. The van der Waals surface area contributed by atoms with Crippen molar-refractivity contribution in [1.29, 1.82) is 0 Å². The number of hydrogen-bond acceptors (Lipinski definition) is 1. The number of rotatable bonds is 4. The minimum Gasteiger partial charge on any atom is -0.310 e. The Bertz CT molecular complexity index is 2270. The maximum Gasteiger partial charge on any atom is 0.0468 e. The molecule has 7 aromatic rings. The summed E-state index contributed by atoms with van der Waals surface area (Å²) < 4.78 is 0. The number of hydrogen-bond donors (Lipinski definition) is 0. The summed E-state index contributed by atoms with van der Waals surface area (Å²) in [5.74, 6) is 0. The fraction of sp³-hybridized carbons (Fsp3) is 0.174. The Morgan fingerprint density at radius 1 is 0.362 bits per heavy atom. The van der Waals surface area contributed by atoms with Crippen LogP contribution < -0.4 is 4.90 Å². The zero-order valence-corrected chi connectivity index (χ0v) is 28.5. The molecule has 1 heteroatoms. The molecular formula is C46H41N. The Balaban J connectivity index is 1.19. The molecule has 1 aliphatic rings. The lowest BCUT2D eigenvalue weighted by molar-refractivity contribution is 0.590. The number of aryl methyl sites for hydroxylation is 4. The van der Waals surface area contributed by atoms with Crippen molar-refractivity contribution in [3.05, 3.63) is 149 Å². The lowest BCUT2D eigenvalue weighted by Gasteiger charge is -2.28. The summed E-state index contributed by atoms with van der Waals surface area (Å²) in [5, 5.41) is 5.11. The molecule has 0 radical (unpaired) electrons. The van der Waals surface area contributed by atoms with Gasteiger partial charge in [-0.2, -0.15) is 0 Å². The SMILES string of the molecule is Cc1cc(C)cc(N(c2cc(C)cc(C)c2)c2ccc3cc4c(cc3c2)-c2cc3ccc(-c5ccc(C(C)(C)C)cc5)cc3cc2-4)c1. The van der Waals surface area contributed by atoms with Crippen LogP contribution in [0.25, 0.3) is 54.9 Å². The van der Waals surface area contributed by atoms with Gasteiger partial charge in [0.2, 0.25) is 0 Å². The Morgan fingerprint density at radius 3 is 1.28 bits per heavy atom. The topological polar surface area (TPSA) is 3.24 Å². The molecule has 0 N–H and O–H groups in total. The summed E-state index contributed by atoms with van der Waals surface area (Å²) >= 11 is 0. The van der Waals surface area contributed by atoms with Crippen molar-refractivity contribution >= 4 is 38.6 Å². The van der Waals surface area contributed by atoms with Crippen LogP contribution >= 0.6 is 0 Å². The Kier molecular flexibility index (Phi) is 6.67. The fourth-order valence-electron chi connectivity index (χ4n) is 7.50. The summed E-state index contributed by atoms with van der Waals surface area (Å²) in [6, 6.07) is 46.1. The van der Waals surface area contributed by atoms with E-state index >= 15 is 0 Å². The predicted molar refractivity (Wildman–Crippen MR) is 204 cm³/mol. The number of fused-ring (bicyclic) bond motifs is 6. The van der Waals surface area contributed by atoms with Crippen molar-refractivity contribution in [3.63, 3.8) is 0 Å². The zero-order valence-electron chi connectivity index (χ0n) is 28.5. The maximum atomic E-state index is 2.41. The van der Waals surface area contributed by atoms with E-state index < -0.39 is 0 Å². The van der Waals surface area contributed by atoms with E-state index in [1.165, 1.54) is 99.8 Å². The van der Waals surface area contributed by atoms with Crippen LogP contribution in [-0.4, -0.2) is 0 Å². The van der Waals surface area contributed by atoms with Gasteiger partial charge >= 0.3 is 0 Å². The van der Waals surface area contributed by atoms with Gasteiger partial charge in [0.05, 0.1) is 0 Å². The van der Waals surface area contributed by atoms with Crippen LogP contribution in [0.3, 0.4) is 0 Å². The van der Waals surface area contributed by atoms with Crippen molar-refractivity contribution in [3.8, 4) is 33.4 Å². The molecule has 0 heterocycles. The second-order valence-corrected chi connectivity index (χ2v) is 14.7. The van der Waals surface area contributed by atoms with Crippen LogP contribution in [0.2, 0.25) is 0 Å². The third-order valence-corrected chi connectivity index (χ3v) is 9.79. The molecule has 0 saturated carbocycles. The van der Waals surface area contributed by atoms with Crippen molar-refractivity contribution in [2.24, 2.45) is 0 Å². The molecular weight excluding hydrogens is 567 g/mol. The molecule has 230 valence electrons. The molecule has 47 heavy (non-hydrogen) atoms. The number of anilines is 3. The molecule has 8 rings (SSSR count). The first-order valence-corrected chi connectivity index (χ1v) is 16.7. The molecule has 0 amide bonds. The second-order valence-electron chi connectivity index (χ2n) is 14.7. The third-order valence-electron chi connectivity index (χ3n) is 9.79. The van der Waals surface area contributed by atoms with Crippen LogP contribution in [0.15, 0.2) is 121 Å². The number of benzene rings is 7. The van der Waals surface area contributed by atoms with Gasteiger partial charge in [0.15, 0.2) is 0 Å². The summed E-state index contributed by atoms with van der Waals surface area (Å²) in [6.45, 7) is 15.5. The molecule has 0 aliphatic heterocycles. The van der Waals surface area contributed by atoms with Gasteiger partial charge < -0.3 is 4.90 Å². The van der Waals surface area contributed by atoms with Crippen molar-refractivity contribution in [2.75, 3.05) is 4.90 Å². The van der Waals surface area contributed by atoms with Gasteiger partial charge in [0, 0.05) is 17.1 Å². The third kappa shape index (κ3) is 5.21. The highest BCUT2D eigenvalue weighted by Gasteiger charge is 2.24. The van der Waals surface area contributed by atoms with Gasteiger partial charge in [0.1, 0.15) is 0 Å². The van der Waals surface area contributed by atoms with Crippen molar-refractivity contribution in [1.82, 2.24) is 0 Å². The average Bonchev–Trinajstić information content (AvgIpc) is 3.02. The van der Waals surface area contributed by atoms with Crippen LogP contribution in [0.1, 0.15) is 48.6 Å². The highest BCUT2D eigenvalue weighted by Crippen LogP contribution is 2.51. The van der Waals surface area contributed by atoms with Gasteiger partial charge in [-0.05, 0) is 183 Å². The first kappa shape index (κ1) is 29.3. The standard InChI is InChI=1S/C46H41N/c1-28-16-29(2)19-40(18-28)47(41-20-30(3)17-31(4)21-41)39-15-12-35-25-43-44-26-36-22-33(32-10-13-38(14-11-32)46(5,6)7)8-9-34(36)24-42(44)45(43)27-37(35)23-39/h8-27H,1-7H3. The van der Waals surface area contributed by atoms with E-state index in [0.717, 1.165) is 0 Å². The first-order valence-electron chi connectivity index (χ1n) is 16.7. The molecule has 0 fully saturated rings. The van der Waals surface area contributed by atoms with Crippen LogP contribution in [0.4, 0.5) is 17.1 Å².